The van der Waals surface area contributed by atoms with Crippen LogP contribution in [0.5, 0.6) is 11.5 Å². The number of carbonyl (C=O) groups is 2. The van der Waals surface area contributed by atoms with Crippen LogP contribution in [0.25, 0.3) is 0 Å². The highest BCUT2D eigenvalue weighted by molar-refractivity contribution is 5.76. The van der Waals surface area contributed by atoms with Crippen LogP contribution in [0.1, 0.15) is 12.5 Å². The standard InChI is InChI=1S/C12H15NO5/c1-2-18-11-6-8(3-4-10(11)15)5-9(12(16)17)13-7-14/h3-4,6-7,9,15H,2,5H2,1H3,(H,13,14)(H,16,17). The number of benzene rings is 1. The summed E-state index contributed by atoms with van der Waals surface area (Å²) in [6, 6.07) is 3.57. The fourth-order valence-electron chi connectivity index (χ4n) is 1.49. The van der Waals surface area contributed by atoms with Crippen molar-refractivity contribution in [1.82, 2.24) is 5.32 Å². The number of amides is 1. The molecule has 0 aliphatic heterocycles. The topological polar surface area (TPSA) is 95.9 Å². The maximum Gasteiger partial charge on any atom is 0.326 e. The summed E-state index contributed by atoms with van der Waals surface area (Å²) in [6.07, 6.45) is 0.469. The molecule has 0 radical (unpaired) electrons. The summed E-state index contributed by atoms with van der Waals surface area (Å²) in [6.45, 7) is 2.17. The van der Waals surface area contributed by atoms with Gasteiger partial charge in [-0.1, -0.05) is 6.07 Å². The zero-order chi connectivity index (χ0) is 13.5. The average molecular weight is 253 g/mol. The molecule has 0 heterocycles. The zero-order valence-corrected chi connectivity index (χ0v) is 9.92. The summed E-state index contributed by atoms with van der Waals surface area (Å²) in [5.41, 5.74) is 0.651. The van der Waals surface area contributed by atoms with Crippen molar-refractivity contribution in [3.05, 3.63) is 23.8 Å². The molecule has 6 heteroatoms. The second kappa shape index (κ2) is 6.48. The highest BCUT2D eigenvalue weighted by Crippen LogP contribution is 2.27. The molecule has 0 aliphatic carbocycles. The van der Waals surface area contributed by atoms with Gasteiger partial charge in [-0.05, 0) is 24.6 Å². The number of phenolic OH excluding ortho intramolecular Hbond substituents is 1. The summed E-state index contributed by atoms with van der Waals surface area (Å²) in [4.78, 5) is 21.2. The first-order valence-electron chi connectivity index (χ1n) is 5.45. The van der Waals surface area contributed by atoms with E-state index >= 15 is 0 Å². The number of ether oxygens (including phenoxy) is 1. The van der Waals surface area contributed by atoms with E-state index in [4.69, 9.17) is 9.84 Å². The molecule has 3 N–H and O–H groups in total. The predicted molar refractivity (Wildman–Crippen MR) is 63.6 cm³/mol. The zero-order valence-electron chi connectivity index (χ0n) is 9.92. The molecule has 1 aromatic carbocycles. The van der Waals surface area contributed by atoms with Gasteiger partial charge in [0.25, 0.3) is 0 Å². The molecular weight excluding hydrogens is 238 g/mol. The maximum atomic E-state index is 10.9. The molecule has 0 aliphatic rings. The van der Waals surface area contributed by atoms with Crippen LogP contribution in [0.15, 0.2) is 18.2 Å². The number of rotatable bonds is 7. The van der Waals surface area contributed by atoms with Gasteiger partial charge < -0.3 is 20.3 Å². The maximum absolute atomic E-state index is 10.9. The fraction of sp³-hybridized carbons (Fsp3) is 0.333. The predicted octanol–water partition coefficient (Wildman–Crippen LogP) is 0.533. The third-order valence-corrected chi connectivity index (χ3v) is 2.33. The number of nitrogens with one attached hydrogen (secondary N) is 1. The van der Waals surface area contributed by atoms with Crippen LogP contribution in [-0.2, 0) is 16.0 Å². The Kier molecular flexibility index (Phi) is 4.98. The Morgan fingerprint density at radius 3 is 2.83 bits per heavy atom. The highest BCUT2D eigenvalue weighted by Gasteiger charge is 2.17. The minimum atomic E-state index is -1.12. The lowest BCUT2D eigenvalue weighted by Crippen LogP contribution is -2.37. The van der Waals surface area contributed by atoms with Crippen LogP contribution in [0.4, 0.5) is 0 Å². The van der Waals surface area contributed by atoms with Gasteiger partial charge in [-0.2, -0.15) is 0 Å². The van der Waals surface area contributed by atoms with Crippen LogP contribution >= 0.6 is 0 Å². The lowest BCUT2D eigenvalue weighted by molar-refractivity contribution is -0.140. The highest BCUT2D eigenvalue weighted by atomic mass is 16.5. The van der Waals surface area contributed by atoms with E-state index in [0.29, 0.717) is 24.3 Å². The van der Waals surface area contributed by atoms with E-state index in [9.17, 15) is 14.7 Å². The molecule has 18 heavy (non-hydrogen) atoms. The summed E-state index contributed by atoms with van der Waals surface area (Å²) in [5.74, 6) is -0.825. The molecule has 1 aromatic rings. The van der Waals surface area contributed by atoms with Gasteiger partial charge in [-0.15, -0.1) is 0 Å². The Morgan fingerprint density at radius 1 is 1.56 bits per heavy atom. The lowest BCUT2D eigenvalue weighted by atomic mass is 10.1. The molecule has 1 rings (SSSR count). The first-order chi connectivity index (χ1) is 8.58. The van der Waals surface area contributed by atoms with E-state index in [2.05, 4.69) is 5.32 Å². The molecule has 0 saturated carbocycles. The van der Waals surface area contributed by atoms with Crippen molar-refractivity contribution in [2.24, 2.45) is 0 Å². The van der Waals surface area contributed by atoms with Crippen molar-refractivity contribution in [2.45, 2.75) is 19.4 Å². The van der Waals surface area contributed by atoms with Crippen molar-refractivity contribution in [2.75, 3.05) is 6.61 Å². The average Bonchev–Trinajstić information content (AvgIpc) is 2.33. The third kappa shape index (κ3) is 3.65. The van der Waals surface area contributed by atoms with Gasteiger partial charge in [0, 0.05) is 6.42 Å². The largest absolute Gasteiger partial charge is 0.504 e. The van der Waals surface area contributed by atoms with Gasteiger partial charge in [0.2, 0.25) is 6.41 Å². The van der Waals surface area contributed by atoms with E-state index < -0.39 is 12.0 Å². The number of hydrogen-bond acceptors (Lipinski definition) is 4. The Hall–Kier alpha value is -2.24. The molecular formula is C12H15NO5. The van der Waals surface area contributed by atoms with Crippen LogP contribution in [0.3, 0.4) is 0 Å². The van der Waals surface area contributed by atoms with Crippen LogP contribution in [0, 0.1) is 0 Å². The molecule has 1 unspecified atom stereocenters. The molecule has 0 spiro atoms. The minimum Gasteiger partial charge on any atom is -0.504 e. The molecule has 1 amide bonds. The summed E-state index contributed by atoms with van der Waals surface area (Å²) >= 11 is 0. The monoisotopic (exact) mass is 253 g/mol. The molecule has 6 nitrogen and oxygen atoms in total. The van der Waals surface area contributed by atoms with Crippen molar-refractivity contribution in [1.29, 1.82) is 0 Å². The number of carbonyl (C=O) groups excluding carboxylic acids is 1. The van der Waals surface area contributed by atoms with E-state index in [1.807, 2.05) is 0 Å². The SMILES string of the molecule is CCOc1cc(CC(NC=O)C(=O)O)ccc1O. The van der Waals surface area contributed by atoms with Crippen LogP contribution in [-0.4, -0.2) is 35.2 Å². The van der Waals surface area contributed by atoms with Gasteiger partial charge in [0.05, 0.1) is 6.61 Å². The van der Waals surface area contributed by atoms with E-state index in [1.54, 1.807) is 19.1 Å². The fourth-order valence-corrected chi connectivity index (χ4v) is 1.49. The molecule has 0 aromatic heterocycles. The molecule has 0 fully saturated rings. The second-order valence-corrected chi connectivity index (χ2v) is 3.61. The normalized spacial score (nSPS) is 11.6. The molecule has 0 bridgehead atoms. The van der Waals surface area contributed by atoms with Gasteiger partial charge in [0.1, 0.15) is 6.04 Å². The van der Waals surface area contributed by atoms with Gasteiger partial charge in [-0.25, -0.2) is 4.79 Å². The number of carboxylic acid groups (broad SMARTS) is 1. The summed E-state index contributed by atoms with van der Waals surface area (Å²) in [7, 11) is 0. The van der Waals surface area contributed by atoms with E-state index in [-0.39, 0.29) is 12.2 Å². The number of aliphatic carboxylic acids is 1. The number of aromatic hydroxyl groups is 1. The molecule has 0 saturated heterocycles. The van der Waals surface area contributed by atoms with Crippen molar-refractivity contribution < 1.29 is 24.5 Å². The van der Waals surface area contributed by atoms with Gasteiger partial charge in [0.15, 0.2) is 11.5 Å². The Morgan fingerprint density at radius 2 is 2.28 bits per heavy atom. The molecule has 1 atom stereocenters. The first kappa shape index (κ1) is 13.8. The Bertz CT molecular complexity index is 432. The van der Waals surface area contributed by atoms with Crippen LogP contribution in [0.2, 0.25) is 0 Å². The van der Waals surface area contributed by atoms with Crippen molar-refractivity contribution in [3.8, 4) is 11.5 Å². The van der Waals surface area contributed by atoms with Crippen molar-refractivity contribution in [3.63, 3.8) is 0 Å². The Balaban J connectivity index is 2.85. The van der Waals surface area contributed by atoms with E-state index in [0.717, 1.165) is 0 Å². The second-order valence-electron chi connectivity index (χ2n) is 3.61. The van der Waals surface area contributed by atoms with E-state index in [1.165, 1.54) is 6.07 Å². The number of hydrogen-bond donors (Lipinski definition) is 3. The van der Waals surface area contributed by atoms with Gasteiger partial charge >= 0.3 is 5.97 Å². The Labute approximate surface area is 104 Å². The molecule has 98 valence electrons. The number of phenols is 1. The lowest BCUT2D eigenvalue weighted by Gasteiger charge is -2.12. The minimum absolute atomic E-state index is 0.00387. The summed E-state index contributed by atoms with van der Waals surface area (Å²) < 4.78 is 5.19. The smallest absolute Gasteiger partial charge is 0.326 e. The quantitative estimate of drug-likeness (QED) is 0.616. The summed E-state index contributed by atoms with van der Waals surface area (Å²) in [5, 5.41) is 20.6. The van der Waals surface area contributed by atoms with Crippen LogP contribution < -0.4 is 10.1 Å². The number of carboxylic acids is 1. The van der Waals surface area contributed by atoms with Gasteiger partial charge in [-0.3, -0.25) is 4.79 Å². The van der Waals surface area contributed by atoms with Crippen molar-refractivity contribution >= 4 is 12.4 Å². The third-order valence-electron chi connectivity index (χ3n) is 2.33. The first-order valence-corrected chi connectivity index (χ1v) is 5.45.